The fraction of sp³-hybridized carbons (Fsp3) is 0.185. The standard InChI is InChI=1S/C27H23N3O4/c31-23(20-11-13-22-19(15-20)12-14-24(32)28-22)17-30-25(33)27(29-26(30)34,21-9-5-2-6-10-21)16-18-7-3-1-4-8-18/h1-11,13,15H,12,14,16-17H2,(H,28,32)(H,29,34)/t27-/m1/s1. The predicted molar refractivity (Wildman–Crippen MR) is 126 cm³/mol. The lowest BCUT2D eigenvalue weighted by Gasteiger charge is -2.27. The molecule has 0 radical (unpaired) electrons. The number of rotatable bonds is 6. The van der Waals surface area contributed by atoms with Crippen molar-refractivity contribution in [2.45, 2.75) is 24.8 Å². The summed E-state index contributed by atoms with van der Waals surface area (Å²) in [5, 5.41) is 5.67. The third-order valence-corrected chi connectivity index (χ3v) is 6.38. The summed E-state index contributed by atoms with van der Waals surface area (Å²) in [4.78, 5) is 52.4. The normalized spacial score (nSPS) is 19.4. The average molecular weight is 453 g/mol. The Kier molecular flexibility index (Phi) is 5.45. The topological polar surface area (TPSA) is 95.6 Å². The van der Waals surface area contributed by atoms with Crippen molar-refractivity contribution in [1.82, 2.24) is 10.2 Å². The number of imide groups is 1. The summed E-state index contributed by atoms with van der Waals surface area (Å²) < 4.78 is 0. The lowest BCUT2D eigenvalue weighted by Crippen LogP contribution is -2.46. The van der Waals surface area contributed by atoms with E-state index in [1.54, 1.807) is 18.2 Å². The van der Waals surface area contributed by atoms with E-state index in [-0.39, 0.29) is 24.7 Å². The number of amides is 4. The Bertz CT molecular complexity index is 1290. The molecule has 0 aliphatic carbocycles. The zero-order chi connectivity index (χ0) is 23.7. The predicted octanol–water partition coefficient (Wildman–Crippen LogP) is 3.44. The zero-order valence-electron chi connectivity index (χ0n) is 18.4. The van der Waals surface area contributed by atoms with E-state index in [1.165, 1.54) is 0 Å². The second-order valence-electron chi connectivity index (χ2n) is 8.60. The van der Waals surface area contributed by atoms with E-state index in [9.17, 15) is 19.2 Å². The average Bonchev–Trinajstić information content (AvgIpc) is 3.09. The maximum atomic E-state index is 13.7. The van der Waals surface area contributed by atoms with E-state index in [2.05, 4.69) is 10.6 Å². The second-order valence-corrected chi connectivity index (χ2v) is 8.60. The quantitative estimate of drug-likeness (QED) is 0.442. The lowest BCUT2D eigenvalue weighted by atomic mass is 9.83. The molecule has 1 saturated heterocycles. The molecule has 3 aromatic carbocycles. The van der Waals surface area contributed by atoms with E-state index in [0.717, 1.165) is 16.0 Å². The molecule has 0 aromatic heterocycles. The number of nitrogens with zero attached hydrogens (tertiary/aromatic N) is 1. The molecule has 1 fully saturated rings. The third kappa shape index (κ3) is 3.85. The van der Waals surface area contributed by atoms with Gasteiger partial charge >= 0.3 is 6.03 Å². The first-order valence-electron chi connectivity index (χ1n) is 11.2. The molecular weight excluding hydrogens is 430 g/mol. The van der Waals surface area contributed by atoms with Gasteiger partial charge in [-0.15, -0.1) is 0 Å². The number of hydrogen-bond acceptors (Lipinski definition) is 4. The minimum atomic E-state index is -1.29. The Balaban J connectivity index is 1.43. The molecule has 7 heteroatoms. The molecule has 0 bridgehead atoms. The van der Waals surface area contributed by atoms with Crippen LogP contribution in [0.4, 0.5) is 10.5 Å². The number of aryl methyl sites for hydroxylation is 1. The summed E-state index contributed by atoms with van der Waals surface area (Å²) in [7, 11) is 0. The minimum Gasteiger partial charge on any atom is -0.326 e. The van der Waals surface area contributed by atoms with Gasteiger partial charge in [-0.2, -0.15) is 0 Å². The fourth-order valence-electron chi connectivity index (χ4n) is 4.60. The van der Waals surface area contributed by atoms with Crippen molar-refractivity contribution in [2.24, 2.45) is 0 Å². The van der Waals surface area contributed by atoms with Crippen LogP contribution in [0.3, 0.4) is 0 Å². The second kappa shape index (κ2) is 8.59. The SMILES string of the molecule is O=C1CCc2cc(C(=O)CN3C(=O)N[C@](Cc4ccccc4)(c4ccccc4)C3=O)ccc2N1. The number of carbonyl (C=O) groups excluding carboxylic acids is 4. The molecule has 170 valence electrons. The zero-order valence-corrected chi connectivity index (χ0v) is 18.4. The summed E-state index contributed by atoms with van der Waals surface area (Å²) in [5.41, 5.74) is 2.22. The fourth-order valence-corrected chi connectivity index (χ4v) is 4.60. The van der Waals surface area contributed by atoms with E-state index < -0.39 is 17.5 Å². The molecule has 2 aliphatic rings. The molecule has 3 aromatic rings. The number of benzene rings is 3. The summed E-state index contributed by atoms with van der Waals surface area (Å²) in [5.74, 6) is -0.848. The first-order valence-corrected chi connectivity index (χ1v) is 11.2. The first-order chi connectivity index (χ1) is 16.5. The first kappa shape index (κ1) is 21.6. The molecule has 1 atom stereocenters. The van der Waals surface area contributed by atoms with Gasteiger partial charge in [-0.3, -0.25) is 19.3 Å². The summed E-state index contributed by atoms with van der Waals surface area (Å²) in [6.45, 7) is -0.362. The van der Waals surface area contributed by atoms with Crippen LogP contribution in [0.1, 0.15) is 33.5 Å². The monoisotopic (exact) mass is 453 g/mol. The summed E-state index contributed by atoms with van der Waals surface area (Å²) >= 11 is 0. The van der Waals surface area contributed by atoms with Gasteiger partial charge in [0.05, 0.1) is 6.54 Å². The maximum absolute atomic E-state index is 13.7. The highest BCUT2D eigenvalue weighted by atomic mass is 16.2. The molecule has 2 N–H and O–H groups in total. The van der Waals surface area contributed by atoms with Crippen molar-refractivity contribution in [1.29, 1.82) is 0 Å². The van der Waals surface area contributed by atoms with Crippen molar-refractivity contribution >= 4 is 29.3 Å². The van der Waals surface area contributed by atoms with E-state index in [1.807, 2.05) is 60.7 Å². The number of hydrogen-bond donors (Lipinski definition) is 2. The van der Waals surface area contributed by atoms with Gasteiger partial charge in [0.15, 0.2) is 11.3 Å². The van der Waals surface area contributed by atoms with Crippen molar-refractivity contribution in [3.8, 4) is 0 Å². The molecular formula is C27H23N3O4. The van der Waals surface area contributed by atoms with Gasteiger partial charge in [0.2, 0.25) is 5.91 Å². The highest BCUT2D eigenvalue weighted by Crippen LogP contribution is 2.33. The van der Waals surface area contributed by atoms with Crippen LogP contribution in [0.5, 0.6) is 0 Å². The Hall–Kier alpha value is -4.26. The molecule has 0 unspecified atom stereocenters. The van der Waals surface area contributed by atoms with Crippen LogP contribution < -0.4 is 10.6 Å². The van der Waals surface area contributed by atoms with Crippen LogP contribution in [-0.4, -0.2) is 35.1 Å². The van der Waals surface area contributed by atoms with Gasteiger partial charge in [0, 0.05) is 24.1 Å². The van der Waals surface area contributed by atoms with Crippen LogP contribution in [0.2, 0.25) is 0 Å². The number of ketones is 1. The molecule has 4 amide bonds. The number of nitrogens with one attached hydrogen (secondary N) is 2. The minimum absolute atomic E-state index is 0.0541. The maximum Gasteiger partial charge on any atom is 0.325 e. The van der Waals surface area contributed by atoms with Crippen molar-refractivity contribution in [3.05, 3.63) is 101 Å². The van der Waals surface area contributed by atoms with E-state index in [4.69, 9.17) is 0 Å². The van der Waals surface area contributed by atoms with Crippen LogP contribution >= 0.6 is 0 Å². The number of fused-ring (bicyclic) bond motifs is 1. The largest absolute Gasteiger partial charge is 0.326 e. The molecule has 5 rings (SSSR count). The molecule has 7 nitrogen and oxygen atoms in total. The Morgan fingerprint density at radius 2 is 1.59 bits per heavy atom. The van der Waals surface area contributed by atoms with Gasteiger partial charge < -0.3 is 10.6 Å². The van der Waals surface area contributed by atoms with E-state index in [0.29, 0.717) is 29.7 Å². The van der Waals surface area contributed by atoms with Gasteiger partial charge in [-0.05, 0) is 41.3 Å². The number of carbonyl (C=O) groups is 4. The molecule has 0 saturated carbocycles. The Morgan fingerprint density at radius 3 is 2.32 bits per heavy atom. The Morgan fingerprint density at radius 1 is 0.882 bits per heavy atom. The number of Topliss-reactive ketones (excluding diaryl/α,β-unsaturated/α-hetero) is 1. The van der Waals surface area contributed by atoms with Gasteiger partial charge in [0.1, 0.15) is 0 Å². The smallest absolute Gasteiger partial charge is 0.325 e. The van der Waals surface area contributed by atoms with Gasteiger partial charge in [-0.1, -0.05) is 60.7 Å². The van der Waals surface area contributed by atoms with E-state index >= 15 is 0 Å². The molecule has 2 heterocycles. The van der Waals surface area contributed by atoms with Crippen molar-refractivity contribution in [3.63, 3.8) is 0 Å². The Labute approximate surface area is 196 Å². The van der Waals surface area contributed by atoms with Gasteiger partial charge in [-0.25, -0.2) is 4.79 Å². The lowest BCUT2D eigenvalue weighted by molar-refractivity contribution is -0.131. The number of urea groups is 1. The van der Waals surface area contributed by atoms with Crippen molar-refractivity contribution in [2.75, 3.05) is 11.9 Å². The highest BCUT2D eigenvalue weighted by Gasteiger charge is 2.52. The molecule has 34 heavy (non-hydrogen) atoms. The molecule has 0 spiro atoms. The van der Waals surface area contributed by atoms with Crippen molar-refractivity contribution < 1.29 is 19.2 Å². The van der Waals surface area contributed by atoms with Crippen LogP contribution in [0.25, 0.3) is 0 Å². The van der Waals surface area contributed by atoms with Crippen LogP contribution in [-0.2, 0) is 28.0 Å². The summed E-state index contributed by atoms with van der Waals surface area (Å²) in [6.07, 6.45) is 1.17. The molecule has 2 aliphatic heterocycles. The number of anilines is 1. The van der Waals surface area contributed by atoms with Crippen LogP contribution in [0, 0.1) is 0 Å². The third-order valence-electron chi connectivity index (χ3n) is 6.38. The van der Waals surface area contributed by atoms with Gasteiger partial charge in [0.25, 0.3) is 5.91 Å². The highest BCUT2D eigenvalue weighted by molar-refractivity contribution is 6.11. The summed E-state index contributed by atoms with van der Waals surface area (Å²) in [6, 6.07) is 23.0. The van der Waals surface area contributed by atoms with Crippen LogP contribution in [0.15, 0.2) is 78.9 Å².